The highest BCUT2D eigenvalue weighted by Gasteiger charge is 2.15. The normalized spacial score (nSPS) is 16.0. The van der Waals surface area contributed by atoms with Crippen LogP contribution in [-0.4, -0.2) is 71.4 Å². The molecule has 3 rings (SSSR count). The summed E-state index contributed by atoms with van der Waals surface area (Å²) >= 11 is 0. The predicted molar refractivity (Wildman–Crippen MR) is 81.7 cm³/mol. The van der Waals surface area contributed by atoms with Crippen LogP contribution in [0.2, 0.25) is 0 Å². The van der Waals surface area contributed by atoms with Crippen LogP contribution < -0.4 is 10.2 Å². The first kappa shape index (κ1) is 14.0. The van der Waals surface area contributed by atoms with Gasteiger partial charge < -0.3 is 10.2 Å². The number of likely N-dealkylation sites (N-methyl/N-ethyl adjacent to an activating group) is 1. The molecule has 1 aromatic carbocycles. The van der Waals surface area contributed by atoms with Crippen LogP contribution in [0.15, 0.2) is 30.3 Å². The molecule has 2 aromatic rings. The van der Waals surface area contributed by atoms with Crippen LogP contribution in [0.3, 0.4) is 0 Å². The maximum atomic E-state index is 4.15. The summed E-state index contributed by atoms with van der Waals surface area (Å²) in [6.45, 7) is 6.30. The summed E-state index contributed by atoms with van der Waals surface area (Å²) in [4.78, 5) is 4.57. The second-order valence-electron chi connectivity index (χ2n) is 5.24. The Bertz CT molecular complexity index is 547. The van der Waals surface area contributed by atoms with E-state index < -0.39 is 0 Å². The van der Waals surface area contributed by atoms with Crippen LogP contribution in [0.4, 0.5) is 5.95 Å². The largest absolute Gasteiger partial charge is 0.341 e. The van der Waals surface area contributed by atoms with Gasteiger partial charge >= 0.3 is 0 Å². The average molecular weight is 287 g/mol. The first-order valence-corrected chi connectivity index (χ1v) is 7.32. The molecule has 0 saturated carbocycles. The number of rotatable bonds is 5. The lowest BCUT2D eigenvalue weighted by molar-refractivity contribution is 0.246. The zero-order valence-corrected chi connectivity index (χ0v) is 12.3. The quantitative estimate of drug-likeness (QED) is 0.835. The third-order valence-electron chi connectivity index (χ3n) is 3.76. The summed E-state index contributed by atoms with van der Waals surface area (Å²) in [5, 5.41) is 15.4. The number of nitrogens with one attached hydrogen (secondary N) is 1. The Morgan fingerprint density at radius 2 is 1.95 bits per heavy atom. The monoisotopic (exact) mass is 287 g/mol. The van der Waals surface area contributed by atoms with Crippen molar-refractivity contribution in [3.63, 3.8) is 0 Å². The maximum absolute atomic E-state index is 4.15. The predicted octanol–water partition coefficient (Wildman–Crippen LogP) is 0.00370. The van der Waals surface area contributed by atoms with Crippen molar-refractivity contribution in [3.05, 3.63) is 30.3 Å². The van der Waals surface area contributed by atoms with E-state index in [1.165, 1.54) is 0 Å². The van der Waals surface area contributed by atoms with Gasteiger partial charge in [-0.05, 0) is 22.6 Å². The van der Waals surface area contributed by atoms with Crippen molar-refractivity contribution < 1.29 is 0 Å². The molecule has 1 saturated heterocycles. The lowest BCUT2D eigenvalue weighted by Gasteiger charge is -2.29. The summed E-state index contributed by atoms with van der Waals surface area (Å²) in [6.07, 6.45) is 0. The molecule has 0 atom stereocenters. The average Bonchev–Trinajstić information content (AvgIpc) is 3.04. The molecule has 0 radical (unpaired) electrons. The SMILES string of the molecule is CN(CCN1CCNCC1)c1nnnn1-c1ccccc1. The number of hydrogen-bond donors (Lipinski definition) is 1. The molecular weight excluding hydrogens is 266 g/mol. The molecule has 1 aromatic heterocycles. The lowest BCUT2D eigenvalue weighted by Crippen LogP contribution is -2.46. The molecule has 7 nitrogen and oxygen atoms in total. The number of hydrogen-bond acceptors (Lipinski definition) is 6. The molecule has 1 aliphatic heterocycles. The molecule has 0 aliphatic carbocycles. The van der Waals surface area contributed by atoms with Gasteiger partial charge in [-0.3, -0.25) is 4.90 Å². The molecule has 0 unspecified atom stereocenters. The lowest BCUT2D eigenvalue weighted by atomic mass is 10.3. The van der Waals surface area contributed by atoms with Crippen molar-refractivity contribution in [3.8, 4) is 5.69 Å². The minimum Gasteiger partial charge on any atom is -0.341 e. The van der Waals surface area contributed by atoms with E-state index in [0.29, 0.717) is 0 Å². The highest BCUT2D eigenvalue weighted by Crippen LogP contribution is 2.13. The van der Waals surface area contributed by atoms with E-state index in [0.717, 1.165) is 50.9 Å². The smallest absolute Gasteiger partial charge is 0.250 e. The Morgan fingerprint density at radius 1 is 1.19 bits per heavy atom. The highest BCUT2D eigenvalue weighted by atomic mass is 15.6. The molecule has 0 amide bonds. The number of piperazine rings is 1. The van der Waals surface area contributed by atoms with E-state index >= 15 is 0 Å². The van der Waals surface area contributed by atoms with E-state index in [1.807, 2.05) is 37.4 Å². The summed E-state index contributed by atoms with van der Waals surface area (Å²) < 4.78 is 1.78. The number of anilines is 1. The molecule has 7 heteroatoms. The molecule has 1 N–H and O–H groups in total. The van der Waals surface area contributed by atoms with E-state index in [9.17, 15) is 0 Å². The third-order valence-corrected chi connectivity index (χ3v) is 3.76. The van der Waals surface area contributed by atoms with Gasteiger partial charge in [0.05, 0.1) is 5.69 Å². The molecule has 21 heavy (non-hydrogen) atoms. The van der Waals surface area contributed by atoms with Crippen molar-refractivity contribution in [1.29, 1.82) is 0 Å². The van der Waals surface area contributed by atoms with Crippen molar-refractivity contribution in [2.24, 2.45) is 0 Å². The van der Waals surface area contributed by atoms with Crippen molar-refractivity contribution in [2.75, 3.05) is 51.2 Å². The summed E-state index contributed by atoms with van der Waals surface area (Å²) in [6, 6.07) is 9.97. The van der Waals surface area contributed by atoms with Crippen LogP contribution >= 0.6 is 0 Å². The van der Waals surface area contributed by atoms with Crippen molar-refractivity contribution in [1.82, 2.24) is 30.4 Å². The van der Waals surface area contributed by atoms with Crippen molar-refractivity contribution in [2.45, 2.75) is 0 Å². The van der Waals surface area contributed by atoms with Crippen molar-refractivity contribution >= 4 is 5.95 Å². The Labute approximate surface area is 124 Å². The standard InChI is InChI=1S/C14H21N7/c1-19(11-12-20-9-7-15-8-10-20)14-16-17-18-21(14)13-5-3-2-4-6-13/h2-6,15H,7-12H2,1H3. The van der Waals surface area contributed by atoms with Gasteiger partial charge in [-0.1, -0.05) is 23.3 Å². The Hall–Kier alpha value is -1.99. The minimum absolute atomic E-state index is 0.774. The van der Waals surface area contributed by atoms with E-state index in [1.54, 1.807) is 4.68 Å². The summed E-state index contributed by atoms with van der Waals surface area (Å²) in [5.41, 5.74) is 0.978. The third kappa shape index (κ3) is 3.37. The first-order valence-electron chi connectivity index (χ1n) is 7.32. The highest BCUT2D eigenvalue weighted by molar-refractivity contribution is 5.39. The molecule has 1 aliphatic rings. The number of benzene rings is 1. The fourth-order valence-corrected chi connectivity index (χ4v) is 2.48. The molecule has 0 bridgehead atoms. The molecule has 0 spiro atoms. The van der Waals surface area contributed by atoms with E-state index in [4.69, 9.17) is 0 Å². The Balaban J connectivity index is 1.65. The Morgan fingerprint density at radius 3 is 2.71 bits per heavy atom. The second-order valence-corrected chi connectivity index (χ2v) is 5.24. The van der Waals surface area contributed by atoms with Crippen LogP contribution in [0.5, 0.6) is 0 Å². The van der Waals surface area contributed by atoms with E-state index in [-0.39, 0.29) is 0 Å². The topological polar surface area (TPSA) is 62.1 Å². The minimum atomic E-state index is 0.774. The summed E-state index contributed by atoms with van der Waals surface area (Å²) in [7, 11) is 2.04. The van der Waals surface area contributed by atoms with Gasteiger partial charge in [0.25, 0.3) is 0 Å². The van der Waals surface area contributed by atoms with Crippen LogP contribution in [0, 0.1) is 0 Å². The maximum Gasteiger partial charge on any atom is 0.250 e. The summed E-state index contributed by atoms with van der Waals surface area (Å²) in [5.74, 6) is 0.774. The van der Waals surface area contributed by atoms with Gasteiger partial charge in [0.1, 0.15) is 0 Å². The van der Waals surface area contributed by atoms with Crippen LogP contribution in [0.25, 0.3) is 5.69 Å². The molecular formula is C14H21N7. The van der Waals surface area contributed by atoms with Crippen LogP contribution in [-0.2, 0) is 0 Å². The van der Waals surface area contributed by atoms with Gasteiger partial charge in [-0.25, -0.2) is 0 Å². The Kier molecular flexibility index (Phi) is 4.42. The number of para-hydroxylation sites is 1. The first-order chi connectivity index (χ1) is 10.3. The molecule has 112 valence electrons. The zero-order valence-electron chi connectivity index (χ0n) is 12.3. The van der Waals surface area contributed by atoms with E-state index in [2.05, 4.69) is 30.6 Å². The number of tetrazole rings is 1. The van der Waals surface area contributed by atoms with Gasteiger partial charge in [0.2, 0.25) is 5.95 Å². The fraction of sp³-hybridized carbons (Fsp3) is 0.500. The van der Waals surface area contributed by atoms with Gasteiger partial charge in [0, 0.05) is 46.3 Å². The second kappa shape index (κ2) is 6.64. The number of nitrogens with zero attached hydrogens (tertiary/aromatic N) is 6. The van der Waals surface area contributed by atoms with Gasteiger partial charge in [-0.15, -0.1) is 0 Å². The van der Waals surface area contributed by atoms with Crippen LogP contribution in [0.1, 0.15) is 0 Å². The fourth-order valence-electron chi connectivity index (χ4n) is 2.48. The van der Waals surface area contributed by atoms with Gasteiger partial charge in [0.15, 0.2) is 0 Å². The number of aromatic nitrogens is 4. The van der Waals surface area contributed by atoms with Gasteiger partial charge in [-0.2, -0.15) is 4.68 Å². The molecule has 1 fully saturated rings. The molecule has 2 heterocycles. The zero-order chi connectivity index (χ0) is 14.5.